The first-order valence-corrected chi connectivity index (χ1v) is 10.1. The van der Waals surface area contributed by atoms with E-state index in [1.54, 1.807) is 25.6 Å². The van der Waals surface area contributed by atoms with Crippen LogP contribution in [0.15, 0.2) is 29.6 Å². The van der Waals surface area contributed by atoms with Crippen molar-refractivity contribution in [3.63, 3.8) is 0 Å². The van der Waals surface area contributed by atoms with E-state index < -0.39 is 0 Å². The Hall–Kier alpha value is -1.96. The number of ether oxygens (including phenoxy) is 2. The zero-order valence-corrected chi connectivity index (χ0v) is 17.0. The number of piperazine rings is 1. The van der Waals surface area contributed by atoms with E-state index in [4.69, 9.17) is 14.5 Å². The number of nitrogens with zero attached hydrogens (tertiary/aromatic N) is 3. The number of rotatable bonds is 7. The molecule has 1 aromatic carbocycles. The molecule has 2 aromatic rings. The van der Waals surface area contributed by atoms with Crippen molar-refractivity contribution in [2.45, 2.75) is 26.0 Å². The topological polar surface area (TPSA) is 54.9 Å². The Morgan fingerprint density at radius 1 is 1.19 bits per heavy atom. The Bertz CT molecular complexity index is 735. The molecule has 0 bridgehead atoms. The first-order valence-electron chi connectivity index (χ1n) is 9.27. The minimum atomic E-state index is -0.317. The normalized spacial score (nSPS) is 16.3. The second-order valence-corrected chi connectivity index (χ2v) is 7.46. The fourth-order valence-electron chi connectivity index (χ4n) is 3.25. The second-order valence-electron chi connectivity index (χ2n) is 6.61. The molecule has 1 unspecified atom stereocenters. The highest BCUT2D eigenvalue weighted by molar-refractivity contribution is 7.13. The van der Waals surface area contributed by atoms with E-state index in [1.165, 1.54) is 0 Å². The van der Waals surface area contributed by atoms with Gasteiger partial charge in [-0.15, -0.1) is 11.3 Å². The van der Waals surface area contributed by atoms with E-state index in [9.17, 15) is 4.79 Å². The Morgan fingerprint density at radius 3 is 2.48 bits per heavy atom. The summed E-state index contributed by atoms with van der Waals surface area (Å²) in [5.41, 5.74) is 2.18. The molecule has 1 saturated heterocycles. The van der Waals surface area contributed by atoms with Crippen LogP contribution >= 0.6 is 11.3 Å². The van der Waals surface area contributed by atoms with E-state index in [0.29, 0.717) is 6.42 Å². The third-order valence-electron chi connectivity index (χ3n) is 4.89. The SMILES string of the molecule is CCC(OC)C(=O)N1CCN(Cc2csc(-c3ccc(OC)cc3)n2)CC1. The van der Waals surface area contributed by atoms with Crippen molar-refractivity contribution in [2.24, 2.45) is 0 Å². The standard InChI is InChI=1S/C20H27N3O3S/c1-4-18(26-3)20(24)23-11-9-22(10-12-23)13-16-14-27-19(21-16)15-5-7-17(25-2)8-6-15/h5-8,14,18H,4,9-13H2,1-3H3. The molecule has 1 amide bonds. The lowest BCUT2D eigenvalue weighted by Gasteiger charge is -2.35. The fourth-order valence-corrected chi connectivity index (χ4v) is 4.06. The monoisotopic (exact) mass is 389 g/mol. The lowest BCUT2D eigenvalue weighted by Crippen LogP contribution is -2.51. The van der Waals surface area contributed by atoms with Crippen LogP contribution in [0.1, 0.15) is 19.0 Å². The average molecular weight is 390 g/mol. The maximum atomic E-state index is 12.4. The number of thiazole rings is 1. The van der Waals surface area contributed by atoms with Gasteiger partial charge in [0.15, 0.2) is 0 Å². The minimum absolute atomic E-state index is 0.107. The predicted molar refractivity (Wildman–Crippen MR) is 107 cm³/mol. The maximum absolute atomic E-state index is 12.4. The van der Waals surface area contributed by atoms with Gasteiger partial charge in [0.1, 0.15) is 16.9 Å². The van der Waals surface area contributed by atoms with E-state index in [1.807, 2.05) is 36.1 Å². The van der Waals surface area contributed by atoms with Crippen LogP contribution in [0.2, 0.25) is 0 Å². The van der Waals surface area contributed by atoms with Crippen molar-refractivity contribution >= 4 is 17.2 Å². The van der Waals surface area contributed by atoms with Crippen LogP contribution in [0.3, 0.4) is 0 Å². The van der Waals surface area contributed by atoms with Crippen LogP contribution in [0, 0.1) is 0 Å². The zero-order chi connectivity index (χ0) is 19.2. The summed E-state index contributed by atoms with van der Waals surface area (Å²) in [5, 5.41) is 3.14. The average Bonchev–Trinajstić information content (AvgIpc) is 3.18. The molecular weight excluding hydrogens is 362 g/mol. The molecule has 1 aliphatic rings. The van der Waals surface area contributed by atoms with Crippen molar-refractivity contribution in [3.05, 3.63) is 35.3 Å². The quantitative estimate of drug-likeness (QED) is 0.729. The number of amides is 1. The molecule has 0 spiro atoms. The molecule has 146 valence electrons. The Balaban J connectivity index is 1.53. The predicted octanol–water partition coefficient (Wildman–Crippen LogP) is 2.89. The van der Waals surface area contributed by atoms with E-state index in [2.05, 4.69) is 10.3 Å². The summed E-state index contributed by atoms with van der Waals surface area (Å²) < 4.78 is 10.5. The van der Waals surface area contributed by atoms with Gasteiger partial charge in [-0.05, 0) is 30.7 Å². The van der Waals surface area contributed by atoms with Crippen LogP contribution < -0.4 is 4.74 Å². The van der Waals surface area contributed by atoms with Gasteiger partial charge in [-0.3, -0.25) is 9.69 Å². The van der Waals surface area contributed by atoms with Gasteiger partial charge in [0.05, 0.1) is 12.8 Å². The fraction of sp³-hybridized carbons (Fsp3) is 0.500. The molecule has 0 saturated carbocycles. The van der Waals surface area contributed by atoms with Crippen LogP contribution in [-0.4, -0.2) is 67.2 Å². The molecule has 1 aliphatic heterocycles. The zero-order valence-electron chi connectivity index (χ0n) is 16.2. The molecule has 1 fully saturated rings. The first-order chi connectivity index (χ1) is 13.1. The van der Waals surface area contributed by atoms with E-state index in [-0.39, 0.29) is 12.0 Å². The number of hydrogen-bond donors (Lipinski definition) is 0. The largest absolute Gasteiger partial charge is 0.497 e. The van der Waals surface area contributed by atoms with Gasteiger partial charge in [-0.25, -0.2) is 4.98 Å². The van der Waals surface area contributed by atoms with Gasteiger partial charge in [0.2, 0.25) is 0 Å². The lowest BCUT2D eigenvalue weighted by molar-refractivity contribution is -0.144. The van der Waals surface area contributed by atoms with Gasteiger partial charge in [0, 0.05) is 50.8 Å². The molecule has 27 heavy (non-hydrogen) atoms. The molecular formula is C20H27N3O3S. The molecule has 6 nitrogen and oxygen atoms in total. The number of aromatic nitrogens is 1. The summed E-state index contributed by atoms with van der Waals surface area (Å²) in [4.78, 5) is 21.4. The number of benzene rings is 1. The third-order valence-corrected chi connectivity index (χ3v) is 5.83. The van der Waals surface area contributed by atoms with Gasteiger partial charge in [0.25, 0.3) is 5.91 Å². The second kappa shape index (κ2) is 9.30. The van der Waals surface area contributed by atoms with Crippen molar-refractivity contribution in [2.75, 3.05) is 40.4 Å². The molecule has 3 rings (SSSR count). The summed E-state index contributed by atoms with van der Waals surface area (Å²) in [6.45, 7) is 6.01. The smallest absolute Gasteiger partial charge is 0.251 e. The van der Waals surface area contributed by atoms with Gasteiger partial charge >= 0.3 is 0 Å². The van der Waals surface area contributed by atoms with Crippen molar-refractivity contribution in [1.29, 1.82) is 0 Å². The molecule has 2 heterocycles. The van der Waals surface area contributed by atoms with Gasteiger partial charge in [-0.1, -0.05) is 6.92 Å². The third kappa shape index (κ3) is 4.86. The highest BCUT2D eigenvalue weighted by Crippen LogP contribution is 2.26. The number of carbonyl (C=O) groups excluding carboxylic acids is 1. The van der Waals surface area contributed by atoms with Crippen LogP contribution in [0.25, 0.3) is 10.6 Å². The summed E-state index contributed by atoms with van der Waals surface area (Å²) in [7, 11) is 3.27. The molecule has 0 aliphatic carbocycles. The Labute approximate surface area is 164 Å². The Morgan fingerprint density at radius 2 is 1.89 bits per heavy atom. The maximum Gasteiger partial charge on any atom is 0.251 e. The van der Waals surface area contributed by atoms with Crippen LogP contribution in [0.5, 0.6) is 5.75 Å². The number of hydrogen-bond acceptors (Lipinski definition) is 6. The van der Waals surface area contributed by atoms with Crippen LogP contribution in [-0.2, 0) is 16.1 Å². The van der Waals surface area contributed by atoms with E-state index in [0.717, 1.165) is 54.7 Å². The minimum Gasteiger partial charge on any atom is -0.497 e. The summed E-state index contributed by atoms with van der Waals surface area (Å²) >= 11 is 1.66. The van der Waals surface area contributed by atoms with E-state index >= 15 is 0 Å². The van der Waals surface area contributed by atoms with Crippen molar-refractivity contribution < 1.29 is 14.3 Å². The molecule has 0 radical (unpaired) electrons. The summed E-state index contributed by atoms with van der Waals surface area (Å²) in [6, 6.07) is 7.98. The summed E-state index contributed by atoms with van der Waals surface area (Å²) in [5.74, 6) is 0.955. The van der Waals surface area contributed by atoms with Gasteiger partial charge < -0.3 is 14.4 Å². The van der Waals surface area contributed by atoms with Crippen molar-refractivity contribution in [3.8, 4) is 16.3 Å². The number of methoxy groups -OCH3 is 2. The number of carbonyl (C=O) groups is 1. The molecule has 0 N–H and O–H groups in total. The first kappa shape index (κ1) is 19.8. The lowest BCUT2D eigenvalue weighted by atomic mass is 10.2. The molecule has 1 aromatic heterocycles. The highest BCUT2D eigenvalue weighted by atomic mass is 32.1. The van der Waals surface area contributed by atoms with Crippen molar-refractivity contribution in [1.82, 2.24) is 14.8 Å². The van der Waals surface area contributed by atoms with Gasteiger partial charge in [-0.2, -0.15) is 0 Å². The summed E-state index contributed by atoms with van der Waals surface area (Å²) in [6.07, 6.45) is 0.393. The van der Waals surface area contributed by atoms with Crippen LogP contribution in [0.4, 0.5) is 0 Å². The molecule has 7 heteroatoms. The Kier molecular flexibility index (Phi) is 6.82. The molecule has 1 atom stereocenters. The highest BCUT2D eigenvalue weighted by Gasteiger charge is 2.26.